The molecule has 2 heterocycles. The van der Waals surface area contributed by atoms with E-state index >= 15 is 0 Å². The highest BCUT2D eigenvalue weighted by molar-refractivity contribution is 6.21. The Balaban J connectivity index is 1.41. The normalized spacial score (nSPS) is 11.2. The number of pyridine rings is 2. The van der Waals surface area contributed by atoms with E-state index in [1.807, 2.05) is 30.7 Å². The molecule has 0 amide bonds. The molecule has 0 atom stereocenters. The molecular weight excluding hydrogens is 472 g/mol. The van der Waals surface area contributed by atoms with E-state index in [9.17, 15) is 0 Å². The van der Waals surface area contributed by atoms with Gasteiger partial charge in [0.2, 0.25) is 0 Å². The quantitative estimate of drug-likeness (QED) is 0.226. The SMILES string of the molecule is Cc1cncc(-c2ccc(-c3c4ccccc4c(-c4ccc(-c5ccccn5)cc4)c4ccccc34)cc2)c1. The van der Waals surface area contributed by atoms with Gasteiger partial charge in [0.1, 0.15) is 0 Å². The zero-order chi connectivity index (χ0) is 26.2. The zero-order valence-electron chi connectivity index (χ0n) is 21.7. The summed E-state index contributed by atoms with van der Waals surface area (Å²) in [6.45, 7) is 2.08. The molecule has 7 aromatic rings. The van der Waals surface area contributed by atoms with Crippen LogP contribution in [-0.2, 0) is 0 Å². The van der Waals surface area contributed by atoms with Gasteiger partial charge in [0.05, 0.1) is 5.69 Å². The van der Waals surface area contributed by atoms with Crippen LogP contribution < -0.4 is 0 Å². The summed E-state index contributed by atoms with van der Waals surface area (Å²) in [6, 6.07) is 43.5. The molecule has 7 rings (SSSR count). The number of aromatic nitrogens is 2. The summed E-state index contributed by atoms with van der Waals surface area (Å²) in [4.78, 5) is 8.90. The van der Waals surface area contributed by atoms with Crippen LogP contribution in [0.3, 0.4) is 0 Å². The van der Waals surface area contributed by atoms with Crippen molar-refractivity contribution >= 4 is 21.5 Å². The fourth-order valence-corrected chi connectivity index (χ4v) is 5.63. The number of hydrogen-bond acceptors (Lipinski definition) is 2. The molecule has 0 saturated carbocycles. The van der Waals surface area contributed by atoms with Crippen molar-refractivity contribution in [2.24, 2.45) is 0 Å². The van der Waals surface area contributed by atoms with Crippen molar-refractivity contribution < 1.29 is 0 Å². The Hall–Kier alpha value is -5.08. The van der Waals surface area contributed by atoms with Crippen LogP contribution in [0.15, 0.2) is 140 Å². The molecule has 0 aliphatic heterocycles. The lowest BCUT2D eigenvalue weighted by Crippen LogP contribution is -1.91. The summed E-state index contributed by atoms with van der Waals surface area (Å²) in [5.74, 6) is 0. The molecule has 2 aromatic heterocycles. The fraction of sp³-hybridized carbons (Fsp3) is 0.0270. The average Bonchev–Trinajstić information content (AvgIpc) is 3.00. The van der Waals surface area contributed by atoms with Crippen molar-refractivity contribution in [2.75, 3.05) is 0 Å². The number of hydrogen-bond donors (Lipinski definition) is 0. The second kappa shape index (κ2) is 9.66. The van der Waals surface area contributed by atoms with Gasteiger partial charge in [0.15, 0.2) is 0 Å². The summed E-state index contributed by atoms with van der Waals surface area (Å²) in [5, 5.41) is 5.02. The molecule has 2 nitrogen and oxygen atoms in total. The van der Waals surface area contributed by atoms with Crippen LogP contribution in [0, 0.1) is 6.92 Å². The van der Waals surface area contributed by atoms with Gasteiger partial charge in [-0.2, -0.15) is 0 Å². The highest BCUT2D eigenvalue weighted by atomic mass is 14.7. The second-order valence-electron chi connectivity index (χ2n) is 9.96. The van der Waals surface area contributed by atoms with E-state index in [1.54, 1.807) is 0 Å². The van der Waals surface area contributed by atoms with Crippen LogP contribution in [0.25, 0.3) is 66.2 Å². The lowest BCUT2D eigenvalue weighted by Gasteiger charge is -2.18. The van der Waals surface area contributed by atoms with Gasteiger partial charge in [0, 0.05) is 29.7 Å². The number of aryl methyl sites for hydroxylation is 1. The maximum atomic E-state index is 4.52. The van der Waals surface area contributed by atoms with E-state index in [4.69, 9.17) is 0 Å². The van der Waals surface area contributed by atoms with Crippen LogP contribution in [-0.4, -0.2) is 9.97 Å². The van der Waals surface area contributed by atoms with E-state index in [1.165, 1.54) is 49.4 Å². The standard InChI is InChI=1S/C37H26N2/c1-25-22-30(24-38-23-25)26-13-17-28(18-14-26)36-31-8-2-4-10-33(31)37(34-11-5-3-9-32(34)36)29-19-15-27(16-20-29)35-12-6-7-21-39-35/h2-24H,1H3. The van der Waals surface area contributed by atoms with E-state index in [-0.39, 0.29) is 0 Å². The minimum absolute atomic E-state index is 0.985. The Morgan fingerprint density at radius 2 is 0.923 bits per heavy atom. The topological polar surface area (TPSA) is 25.8 Å². The molecule has 5 aromatic carbocycles. The molecule has 0 saturated heterocycles. The molecular formula is C37H26N2. The first-order valence-corrected chi connectivity index (χ1v) is 13.2. The van der Waals surface area contributed by atoms with E-state index in [0.29, 0.717) is 0 Å². The summed E-state index contributed by atoms with van der Waals surface area (Å²) in [7, 11) is 0. The third-order valence-electron chi connectivity index (χ3n) is 7.45. The Kier molecular flexibility index (Phi) is 5.71. The van der Waals surface area contributed by atoms with Crippen molar-refractivity contribution in [3.63, 3.8) is 0 Å². The predicted molar refractivity (Wildman–Crippen MR) is 164 cm³/mol. The van der Waals surface area contributed by atoms with Crippen molar-refractivity contribution in [3.8, 4) is 44.6 Å². The Labute approximate surface area is 228 Å². The van der Waals surface area contributed by atoms with Crippen LogP contribution in [0.5, 0.6) is 0 Å². The fourth-order valence-electron chi connectivity index (χ4n) is 5.63. The molecule has 184 valence electrons. The second-order valence-corrected chi connectivity index (χ2v) is 9.96. The highest BCUT2D eigenvalue weighted by Crippen LogP contribution is 2.44. The van der Waals surface area contributed by atoms with Crippen molar-refractivity contribution in [1.29, 1.82) is 0 Å². The highest BCUT2D eigenvalue weighted by Gasteiger charge is 2.16. The van der Waals surface area contributed by atoms with Gasteiger partial charge in [-0.15, -0.1) is 0 Å². The lowest BCUT2D eigenvalue weighted by molar-refractivity contribution is 1.27. The first kappa shape index (κ1) is 23.1. The summed E-state index contributed by atoms with van der Waals surface area (Å²) in [5.41, 5.74) is 10.5. The number of benzene rings is 5. The van der Waals surface area contributed by atoms with Crippen LogP contribution in [0.4, 0.5) is 0 Å². The van der Waals surface area contributed by atoms with Crippen LogP contribution in [0.2, 0.25) is 0 Å². The van der Waals surface area contributed by atoms with Crippen molar-refractivity contribution in [3.05, 3.63) is 145 Å². The van der Waals surface area contributed by atoms with Gasteiger partial charge in [-0.25, -0.2) is 0 Å². The van der Waals surface area contributed by atoms with Gasteiger partial charge >= 0.3 is 0 Å². The van der Waals surface area contributed by atoms with E-state index in [2.05, 4.69) is 126 Å². The first-order valence-electron chi connectivity index (χ1n) is 13.2. The maximum Gasteiger partial charge on any atom is 0.0701 e. The third kappa shape index (κ3) is 4.17. The molecule has 0 aliphatic rings. The van der Waals surface area contributed by atoms with Crippen molar-refractivity contribution in [1.82, 2.24) is 9.97 Å². The minimum atomic E-state index is 0.985. The molecule has 0 unspecified atom stereocenters. The number of nitrogens with zero attached hydrogens (tertiary/aromatic N) is 2. The smallest absolute Gasteiger partial charge is 0.0701 e. The molecule has 0 radical (unpaired) electrons. The number of fused-ring (bicyclic) bond motifs is 2. The Morgan fingerprint density at radius 3 is 1.41 bits per heavy atom. The largest absolute Gasteiger partial charge is 0.264 e. The van der Waals surface area contributed by atoms with Gasteiger partial charge in [-0.05, 0) is 80.0 Å². The predicted octanol–water partition coefficient (Wildman–Crippen LogP) is 9.76. The minimum Gasteiger partial charge on any atom is -0.264 e. The van der Waals surface area contributed by atoms with Gasteiger partial charge in [-0.1, -0.05) is 103 Å². The molecule has 0 aliphatic carbocycles. The molecule has 0 bridgehead atoms. The lowest BCUT2D eigenvalue weighted by atomic mass is 9.85. The van der Waals surface area contributed by atoms with E-state index < -0.39 is 0 Å². The van der Waals surface area contributed by atoms with E-state index in [0.717, 1.165) is 22.4 Å². The summed E-state index contributed by atoms with van der Waals surface area (Å²) >= 11 is 0. The van der Waals surface area contributed by atoms with Crippen molar-refractivity contribution in [2.45, 2.75) is 6.92 Å². The number of rotatable bonds is 4. The van der Waals surface area contributed by atoms with Crippen LogP contribution >= 0.6 is 0 Å². The van der Waals surface area contributed by atoms with Gasteiger partial charge in [-0.3, -0.25) is 9.97 Å². The summed E-state index contributed by atoms with van der Waals surface area (Å²) in [6.07, 6.45) is 5.66. The monoisotopic (exact) mass is 498 g/mol. The van der Waals surface area contributed by atoms with Crippen LogP contribution in [0.1, 0.15) is 5.56 Å². The Bertz CT molecular complexity index is 1880. The molecule has 0 N–H and O–H groups in total. The molecule has 2 heteroatoms. The zero-order valence-corrected chi connectivity index (χ0v) is 21.7. The van der Waals surface area contributed by atoms with Gasteiger partial charge < -0.3 is 0 Å². The van der Waals surface area contributed by atoms with Gasteiger partial charge in [0.25, 0.3) is 0 Å². The molecule has 0 spiro atoms. The maximum absolute atomic E-state index is 4.52. The Morgan fingerprint density at radius 1 is 0.436 bits per heavy atom. The molecule has 39 heavy (non-hydrogen) atoms. The third-order valence-corrected chi connectivity index (χ3v) is 7.45. The first-order chi connectivity index (χ1) is 19.3. The summed E-state index contributed by atoms with van der Waals surface area (Å²) < 4.78 is 0. The molecule has 0 fully saturated rings. The average molecular weight is 499 g/mol.